The number of hydrogen-bond donors (Lipinski definition) is 0. The summed E-state index contributed by atoms with van der Waals surface area (Å²) in [6.45, 7) is 0.473. The van der Waals surface area contributed by atoms with Gasteiger partial charge in [0.2, 0.25) is 5.91 Å². The van der Waals surface area contributed by atoms with Crippen LogP contribution in [-0.4, -0.2) is 33.9 Å². The molecule has 0 bridgehead atoms. The lowest BCUT2D eigenvalue weighted by Crippen LogP contribution is -2.69. The van der Waals surface area contributed by atoms with Gasteiger partial charge in [0, 0.05) is 6.54 Å². The zero-order valence-corrected chi connectivity index (χ0v) is 20.8. The molecule has 2 heterocycles. The molecule has 4 aromatic rings. The normalized spacial score (nSPS) is 22.9. The van der Waals surface area contributed by atoms with Crippen LogP contribution in [-0.2, 0) is 16.1 Å². The van der Waals surface area contributed by atoms with E-state index in [9.17, 15) is 9.59 Å². The second-order valence-electron chi connectivity index (χ2n) is 9.63. The lowest BCUT2D eigenvalue weighted by Gasteiger charge is -2.50. The number of nitrogens with zero attached hydrogens (tertiary/aromatic N) is 2. The zero-order chi connectivity index (χ0) is 25.9. The molecule has 4 aromatic carbocycles. The van der Waals surface area contributed by atoms with Crippen LogP contribution in [0.5, 0.6) is 0 Å². The minimum Gasteiger partial charge on any atom is -0.439 e. The van der Waals surface area contributed by atoms with Crippen LogP contribution in [0.15, 0.2) is 127 Å². The van der Waals surface area contributed by atoms with E-state index in [1.807, 2.05) is 138 Å². The summed E-state index contributed by atoms with van der Waals surface area (Å²) >= 11 is 0. The topological polar surface area (TPSA) is 49.9 Å². The van der Waals surface area contributed by atoms with Crippen molar-refractivity contribution >= 4 is 18.1 Å². The predicted molar refractivity (Wildman–Crippen MR) is 147 cm³/mol. The lowest BCUT2D eigenvalue weighted by atomic mass is 9.87. The summed E-state index contributed by atoms with van der Waals surface area (Å²) in [6.07, 6.45) is 3.08. The van der Waals surface area contributed by atoms with Crippen molar-refractivity contribution in [3.63, 3.8) is 0 Å². The monoisotopic (exact) mass is 500 g/mol. The van der Waals surface area contributed by atoms with Crippen LogP contribution in [0.2, 0.25) is 0 Å². The van der Waals surface area contributed by atoms with E-state index in [0.29, 0.717) is 6.54 Å². The van der Waals surface area contributed by atoms with Gasteiger partial charge in [0.25, 0.3) is 0 Å². The molecular formula is C33H28N2O3. The number of hydrogen-bond acceptors (Lipinski definition) is 3. The highest BCUT2D eigenvalue weighted by atomic mass is 16.6. The molecule has 2 fully saturated rings. The molecule has 2 aliphatic rings. The molecule has 6 rings (SSSR count). The van der Waals surface area contributed by atoms with Gasteiger partial charge in [0.1, 0.15) is 12.1 Å². The summed E-state index contributed by atoms with van der Waals surface area (Å²) in [6, 6.07) is 38.1. The molecule has 0 spiro atoms. The van der Waals surface area contributed by atoms with Crippen molar-refractivity contribution < 1.29 is 14.3 Å². The van der Waals surface area contributed by atoms with Crippen LogP contribution < -0.4 is 0 Å². The first-order valence-electron chi connectivity index (χ1n) is 12.9. The van der Waals surface area contributed by atoms with Gasteiger partial charge >= 0.3 is 6.09 Å². The van der Waals surface area contributed by atoms with Crippen LogP contribution in [0.3, 0.4) is 0 Å². The molecule has 2 aliphatic heterocycles. The van der Waals surface area contributed by atoms with Gasteiger partial charge in [-0.05, 0) is 22.3 Å². The molecule has 4 atom stereocenters. The third-order valence-corrected chi connectivity index (χ3v) is 7.29. The van der Waals surface area contributed by atoms with Crippen LogP contribution >= 0.6 is 0 Å². The van der Waals surface area contributed by atoms with Gasteiger partial charge in [0.05, 0.1) is 6.04 Å². The fraction of sp³-hybridized carbons (Fsp3) is 0.152. The van der Waals surface area contributed by atoms with Crippen molar-refractivity contribution in [3.05, 3.63) is 150 Å². The highest BCUT2D eigenvalue weighted by Gasteiger charge is 2.57. The fourth-order valence-corrected chi connectivity index (χ4v) is 5.44. The first kappa shape index (κ1) is 23.7. The molecule has 38 heavy (non-hydrogen) atoms. The number of amides is 2. The van der Waals surface area contributed by atoms with Gasteiger partial charge in [-0.1, -0.05) is 133 Å². The largest absolute Gasteiger partial charge is 0.439 e. The SMILES string of the molecule is O=C1[C@H](N2C(=O)O[C@@H](c3ccccc3)[C@H]2c2ccccc2)[C@H](/C=C/c2ccccc2)N1Cc1ccccc1. The number of benzene rings is 4. The lowest BCUT2D eigenvalue weighted by molar-refractivity contribution is -0.155. The molecule has 0 radical (unpaired) electrons. The maximum Gasteiger partial charge on any atom is 0.411 e. The Bertz CT molecular complexity index is 1420. The summed E-state index contributed by atoms with van der Waals surface area (Å²) in [5, 5.41) is 0. The number of β-lactam (4-membered cyclic amide) rings is 1. The van der Waals surface area contributed by atoms with E-state index in [1.54, 1.807) is 4.90 Å². The quantitative estimate of drug-likeness (QED) is 0.275. The van der Waals surface area contributed by atoms with Gasteiger partial charge in [-0.15, -0.1) is 0 Å². The Labute approximate surface area is 222 Å². The minimum atomic E-state index is -0.662. The molecule has 5 nitrogen and oxygen atoms in total. The third-order valence-electron chi connectivity index (χ3n) is 7.29. The Hall–Kier alpha value is -4.64. The number of ether oxygens (including phenoxy) is 1. The standard InChI is InChI=1S/C33H28N2O3/c36-32-30(28(22-21-24-13-5-1-6-14-24)34(32)23-25-15-7-2-8-16-25)35-29(26-17-9-3-10-18-26)31(38-33(35)37)27-19-11-4-12-20-27/h1-22,28-31H,23H2/b22-21+/t28-,29+,30+,31-/m0/s1. The van der Waals surface area contributed by atoms with Gasteiger partial charge in [-0.2, -0.15) is 0 Å². The van der Waals surface area contributed by atoms with Crippen molar-refractivity contribution in [2.75, 3.05) is 0 Å². The van der Waals surface area contributed by atoms with Gasteiger partial charge in [0.15, 0.2) is 6.10 Å². The smallest absolute Gasteiger partial charge is 0.411 e. The second kappa shape index (κ2) is 10.4. The molecule has 0 aromatic heterocycles. The Kier molecular flexibility index (Phi) is 6.49. The van der Waals surface area contributed by atoms with E-state index >= 15 is 0 Å². The molecule has 0 unspecified atom stereocenters. The van der Waals surface area contributed by atoms with Crippen LogP contribution in [0.4, 0.5) is 4.79 Å². The Morgan fingerprint density at radius 3 is 1.84 bits per heavy atom. The van der Waals surface area contributed by atoms with Crippen molar-refractivity contribution in [2.45, 2.75) is 30.8 Å². The minimum absolute atomic E-state index is 0.0804. The first-order valence-corrected chi connectivity index (χ1v) is 12.9. The maximum absolute atomic E-state index is 13.8. The van der Waals surface area contributed by atoms with E-state index in [1.165, 1.54) is 0 Å². The van der Waals surface area contributed by atoms with E-state index in [-0.39, 0.29) is 11.9 Å². The highest BCUT2D eigenvalue weighted by Crippen LogP contribution is 2.47. The molecule has 2 saturated heterocycles. The summed E-state index contributed by atoms with van der Waals surface area (Å²) in [5.41, 5.74) is 3.92. The Morgan fingerprint density at radius 2 is 1.21 bits per heavy atom. The first-order chi connectivity index (χ1) is 18.7. The van der Waals surface area contributed by atoms with Crippen molar-refractivity contribution in [1.29, 1.82) is 0 Å². The summed E-state index contributed by atoms with van der Waals surface area (Å²) in [5.74, 6) is -0.0804. The molecular weight excluding hydrogens is 472 g/mol. The average molecular weight is 501 g/mol. The van der Waals surface area contributed by atoms with E-state index in [2.05, 4.69) is 0 Å². The molecule has 0 saturated carbocycles. The summed E-state index contributed by atoms with van der Waals surface area (Å²) in [4.78, 5) is 30.8. The van der Waals surface area contributed by atoms with E-state index in [0.717, 1.165) is 22.3 Å². The molecule has 0 aliphatic carbocycles. The van der Waals surface area contributed by atoms with Crippen molar-refractivity contribution in [1.82, 2.24) is 9.80 Å². The van der Waals surface area contributed by atoms with Gasteiger partial charge < -0.3 is 9.64 Å². The average Bonchev–Trinajstić information content (AvgIpc) is 3.31. The van der Waals surface area contributed by atoms with E-state index < -0.39 is 24.3 Å². The van der Waals surface area contributed by atoms with Gasteiger partial charge in [-0.25, -0.2) is 4.79 Å². The zero-order valence-electron chi connectivity index (χ0n) is 20.8. The molecule has 2 amide bonds. The number of cyclic esters (lactones) is 1. The van der Waals surface area contributed by atoms with Crippen LogP contribution in [0.1, 0.15) is 34.4 Å². The highest BCUT2D eigenvalue weighted by molar-refractivity contribution is 5.94. The summed E-state index contributed by atoms with van der Waals surface area (Å²) < 4.78 is 5.99. The Morgan fingerprint density at radius 1 is 0.658 bits per heavy atom. The molecule has 0 N–H and O–H groups in total. The number of likely N-dealkylation sites (tertiary alicyclic amines) is 1. The van der Waals surface area contributed by atoms with Gasteiger partial charge in [-0.3, -0.25) is 9.69 Å². The van der Waals surface area contributed by atoms with Crippen molar-refractivity contribution in [2.24, 2.45) is 0 Å². The number of carbonyl (C=O) groups is 2. The van der Waals surface area contributed by atoms with E-state index in [4.69, 9.17) is 4.74 Å². The Balaban J connectivity index is 1.38. The van der Waals surface area contributed by atoms with Crippen molar-refractivity contribution in [3.8, 4) is 0 Å². The second-order valence-corrected chi connectivity index (χ2v) is 9.63. The number of carbonyl (C=O) groups excluding carboxylic acids is 2. The number of rotatable bonds is 7. The van der Waals surface area contributed by atoms with Crippen LogP contribution in [0, 0.1) is 0 Å². The fourth-order valence-electron chi connectivity index (χ4n) is 5.44. The summed E-state index contributed by atoms with van der Waals surface area (Å²) in [7, 11) is 0. The molecule has 5 heteroatoms. The third kappa shape index (κ3) is 4.48. The predicted octanol–water partition coefficient (Wildman–Crippen LogP) is 6.41. The molecule has 188 valence electrons. The maximum atomic E-state index is 13.8. The van der Waals surface area contributed by atoms with Crippen LogP contribution in [0.25, 0.3) is 6.08 Å².